The second-order valence-electron chi connectivity index (χ2n) is 5.12. The third kappa shape index (κ3) is 4.14. The predicted molar refractivity (Wildman–Crippen MR) is 73.0 cm³/mol. The fourth-order valence-electron chi connectivity index (χ4n) is 2.70. The molecule has 1 unspecified atom stereocenters. The molecule has 0 bridgehead atoms. The molecular weight excluding hydrogens is 208 g/mol. The van der Waals surface area contributed by atoms with Gasteiger partial charge in [0.25, 0.3) is 0 Å². The molecule has 0 aromatic heterocycles. The van der Waals surface area contributed by atoms with Crippen molar-refractivity contribution in [1.29, 1.82) is 0 Å². The average molecular weight is 232 g/mol. The van der Waals surface area contributed by atoms with Crippen LogP contribution in [-0.4, -0.2) is 31.6 Å². The van der Waals surface area contributed by atoms with E-state index in [0.717, 1.165) is 19.0 Å². The summed E-state index contributed by atoms with van der Waals surface area (Å²) in [5.74, 6) is 0.923. The van der Waals surface area contributed by atoms with E-state index in [1.807, 2.05) is 7.05 Å². The summed E-state index contributed by atoms with van der Waals surface area (Å²) in [5, 5.41) is 3.23. The Hall–Kier alpha value is -0.860. The molecule has 2 heteroatoms. The van der Waals surface area contributed by atoms with Crippen molar-refractivity contribution in [3.05, 3.63) is 35.9 Å². The van der Waals surface area contributed by atoms with Crippen molar-refractivity contribution >= 4 is 0 Å². The maximum absolute atomic E-state index is 3.23. The lowest BCUT2D eigenvalue weighted by molar-refractivity contribution is 0.312. The lowest BCUT2D eigenvalue weighted by Gasteiger charge is -2.16. The molecule has 0 spiro atoms. The summed E-state index contributed by atoms with van der Waals surface area (Å²) in [7, 11) is 2.04. The Labute approximate surface area is 105 Å². The topological polar surface area (TPSA) is 15.3 Å². The standard InChI is InChI=1S/C15H24N2/c1-16-10-5-8-15-9-11-17(13-15)12-14-6-3-2-4-7-14/h2-4,6-7,15-16H,5,8-13H2,1H3. The van der Waals surface area contributed by atoms with Crippen LogP contribution < -0.4 is 5.32 Å². The first-order valence-corrected chi connectivity index (χ1v) is 6.79. The van der Waals surface area contributed by atoms with Crippen LogP contribution in [0.15, 0.2) is 30.3 Å². The van der Waals surface area contributed by atoms with Crippen molar-refractivity contribution in [2.75, 3.05) is 26.7 Å². The van der Waals surface area contributed by atoms with Crippen LogP contribution in [0, 0.1) is 5.92 Å². The number of nitrogens with one attached hydrogen (secondary N) is 1. The molecule has 1 atom stereocenters. The van der Waals surface area contributed by atoms with Crippen molar-refractivity contribution < 1.29 is 0 Å². The number of hydrogen-bond acceptors (Lipinski definition) is 2. The minimum absolute atomic E-state index is 0.923. The predicted octanol–water partition coefficient (Wildman–Crippen LogP) is 2.51. The van der Waals surface area contributed by atoms with Crippen LogP contribution in [0.25, 0.3) is 0 Å². The van der Waals surface area contributed by atoms with Gasteiger partial charge in [-0.2, -0.15) is 0 Å². The second-order valence-corrected chi connectivity index (χ2v) is 5.12. The van der Waals surface area contributed by atoms with Crippen LogP contribution >= 0.6 is 0 Å². The van der Waals surface area contributed by atoms with Gasteiger partial charge in [-0.15, -0.1) is 0 Å². The summed E-state index contributed by atoms with van der Waals surface area (Å²) in [4.78, 5) is 2.60. The minimum atomic E-state index is 0.923. The van der Waals surface area contributed by atoms with Crippen LogP contribution in [-0.2, 0) is 6.54 Å². The van der Waals surface area contributed by atoms with E-state index in [2.05, 4.69) is 40.5 Å². The van der Waals surface area contributed by atoms with Gasteiger partial charge >= 0.3 is 0 Å². The normalized spacial score (nSPS) is 20.9. The summed E-state index contributed by atoms with van der Waals surface area (Å²) in [6.07, 6.45) is 4.09. The zero-order valence-electron chi connectivity index (χ0n) is 10.9. The molecule has 1 aliphatic heterocycles. The first-order valence-electron chi connectivity index (χ1n) is 6.79. The lowest BCUT2D eigenvalue weighted by atomic mass is 10.0. The Bertz CT molecular complexity index is 310. The molecule has 0 amide bonds. The highest BCUT2D eigenvalue weighted by Crippen LogP contribution is 2.22. The maximum atomic E-state index is 3.23. The van der Waals surface area contributed by atoms with Gasteiger partial charge in [0, 0.05) is 13.1 Å². The average Bonchev–Trinajstić information content (AvgIpc) is 2.79. The molecule has 0 radical (unpaired) electrons. The van der Waals surface area contributed by atoms with E-state index in [9.17, 15) is 0 Å². The Morgan fingerprint density at radius 3 is 2.88 bits per heavy atom. The number of hydrogen-bond donors (Lipinski definition) is 1. The van der Waals surface area contributed by atoms with Gasteiger partial charge in [0.15, 0.2) is 0 Å². The van der Waals surface area contributed by atoms with E-state index < -0.39 is 0 Å². The first-order chi connectivity index (χ1) is 8.38. The summed E-state index contributed by atoms with van der Waals surface area (Å²) in [6.45, 7) is 4.86. The molecule has 0 saturated carbocycles. The summed E-state index contributed by atoms with van der Waals surface area (Å²) in [6, 6.07) is 10.8. The SMILES string of the molecule is CNCCCC1CCN(Cc2ccccc2)C1. The highest BCUT2D eigenvalue weighted by molar-refractivity contribution is 5.14. The third-order valence-electron chi connectivity index (χ3n) is 3.66. The van der Waals surface area contributed by atoms with E-state index in [4.69, 9.17) is 0 Å². The van der Waals surface area contributed by atoms with Crippen LogP contribution in [0.1, 0.15) is 24.8 Å². The van der Waals surface area contributed by atoms with Crippen LogP contribution in [0.5, 0.6) is 0 Å². The van der Waals surface area contributed by atoms with Gasteiger partial charge in [0.1, 0.15) is 0 Å². The van der Waals surface area contributed by atoms with Crippen molar-refractivity contribution in [1.82, 2.24) is 10.2 Å². The van der Waals surface area contributed by atoms with Crippen molar-refractivity contribution in [3.63, 3.8) is 0 Å². The molecule has 1 aromatic carbocycles. The molecular formula is C15H24N2. The molecule has 17 heavy (non-hydrogen) atoms. The Balaban J connectivity index is 1.71. The number of rotatable bonds is 6. The lowest BCUT2D eigenvalue weighted by Crippen LogP contribution is -2.20. The van der Waals surface area contributed by atoms with E-state index in [-0.39, 0.29) is 0 Å². The van der Waals surface area contributed by atoms with Crippen LogP contribution in [0.4, 0.5) is 0 Å². The number of benzene rings is 1. The smallest absolute Gasteiger partial charge is 0.0233 e. The second kappa shape index (κ2) is 6.77. The Morgan fingerprint density at radius 2 is 2.12 bits per heavy atom. The molecule has 2 rings (SSSR count). The third-order valence-corrected chi connectivity index (χ3v) is 3.66. The van der Waals surface area contributed by atoms with Gasteiger partial charge in [-0.25, -0.2) is 0 Å². The first kappa shape index (κ1) is 12.6. The molecule has 0 aliphatic carbocycles. The number of nitrogens with zero attached hydrogens (tertiary/aromatic N) is 1. The molecule has 1 saturated heterocycles. The summed E-state index contributed by atoms with van der Waals surface area (Å²) in [5.41, 5.74) is 1.45. The van der Waals surface area contributed by atoms with Crippen LogP contribution in [0.3, 0.4) is 0 Å². The maximum Gasteiger partial charge on any atom is 0.0233 e. The van der Waals surface area contributed by atoms with E-state index in [0.29, 0.717) is 0 Å². The summed E-state index contributed by atoms with van der Waals surface area (Å²) < 4.78 is 0. The van der Waals surface area contributed by atoms with E-state index in [1.54, 1.807) is 0 Å². The van der Waals surface area contributed by atoms with E-state index in [1.165, 1.54) is 37.9 Å². The van der Waals surface area contributed by atoms with Gasteiger partial charge in [-0.05, 0) is 50.9 Å². The van der Waals surface area contributed by atoms with Crippen molar-refractivity contribution in [3.8, 4) is 0 Å². The monoisotopic (exact) mass is 232 g/mol. The fraction of sp³-hybridized carbons (Fsp3) is 0.600. The largest absolute Gasteiger partial charge is 0.320 e. The van der Waals surface area contributed by atoms with Crippen molar-refractivity contribution in [2.45, 2.75) is 25.8 Å². The molecule has 1 heterocycles. The quantitative estimate of drug-likeness (QED) is 0.758. The van der Waals surface area contributed by atoms with Gasteiger partial charge in [-0.1, -0.05) is 30.3 Å². The Morgan fingerprint density at radius 1 is 1.29 bits per heavy atom. The van der Waals surface area contributed by atoms with Crippen molar-refractivity contribution in [2.24, 2.45) is 5.92 Å². The molecule has 1 fully saturated rings. The Kier molecular flexibility index (Phi) is 5.02. The van der Waals surface area contributed by atoms with Gasteiger partial charge in [0.05, 0.1) is 0 Å². The summed E-state index contributed by atoms with van der Waals surface area (Å²) >= 11 is 0. The fourth-order valence-corrected chi connectivity index (χ4v) is 2.70. The highest BCUT2D eigenvalue weighted by atomic mass is 15.1. The van der Waals surface area contributed by atoms with E-state index >= 15 is 0 Å². The molecule has 1 N–H and O–H groups in total. The van der Waals surface area contributed by atoms with Crippen LogP contribution in [0.2, 0.25) is 0 Å². The molecule has 1 aliphatic rings. The van der Waals surface area contributed by atoms with Gasteiger partial charge in [0.2, 0.25) is 0 Å². The highest BCUT2D eigenvalue weighted by Gasteiger charge is 2.21. The molecule has 1 aromatic rings. The number of likely N-dealkylation sites (tertiary alicyclic amines) is 1. The molecule has 94 valence electrons. The minimum Gasteiger partial charge on any atom is -0.320 e. The van der Waals surface area contributed by atoms with Gasteiger partial charge < -0.3 is 5.32 Å². The zero-order valence-corrected chi connectivity index (χ0v) is 10.9. The van der Waals surface area contributed by atoms with Gasteiger partial charge in [-0.3, -0.25) is 4.90 Å². The zero-order chi connectivity index (χ0) is 11.9. The molecule has 2 nitrogen and oxygen atoms in total.